The molecule has 0 atom stereocenters. The van der Waals surface area contributed by atoms with Crippen molar-refractivity contribution in [2.75, 3.05) is 39.9 Å². The molecule has 28 heavy (non-hydrogen) atoms. The van der Waals surface area contributed by atoms with Crippen LogP contribution >= 0.6 is 0 Å². The first kappa shape index (κ1) is 20.3. The second-order valence-corrected chi connectivity index (χ2v) is 8.43. The van der Waals surface area contributed by atoms with Crippen LogP contribution in [0, 0.1) is 5.92 Å². The molecule has 7 nitrogen and oxygen atoms in total. The fourth-order valence-corrected chi connectivity index (χ4v) is 3.54. The molecule has 7 heteroatoms. The van der Waals surface area contributed by atoms with E-state index < -0.39 is 5.60 Å². The molecule has 1 aromatic rings. The molecule has 154 valence electrons. The Balaban J connectivity index is 1.54. The first-order chi connectivity index (χ1) is 13.2. The molecule has 0 aromatic heterocycles. The number of amides is 2. The van der Waals surface area contributed by atoms with Gasteiger partial charge in [-0.2, -0.15) is 0 Å². The van der Waals surface area contributed by atoms with Crippen molar-refractivity contribution in [3.63, 3.8) is 0 Å². The predicted octanol–water partition coefficient (Wildman–Crippen LogP) is 3.18. The number of ether oxygens (including phenoxy) is 3. The van der Waals surface area contributed by atoms with Crippen molar-refractivity contribution in [1.29, 1.82) is 0 Å². The van der Waals surface area contributed by atoms with Crippen molar-refractivity contribution < 1.29 is 23.8 Å². The lowest BCUT2D eigenvalue weighted by Gasteiger charge is -2.35. The van der Waals surface area contributed by atoms with Gasteiger partial charge in [0, 0.05) is 26.7 Å². The summed E-state index contributed by atoms with van der Waals surface area (Å²) in [5.41, 5.74) is 0.0483. The number of rotatable bonds is 3. The number of carbonyl (C=O) groups is 2. The first-order valence-corrected chi connectivity index (χ1v) is 9.86. The van der Waals surface area contributed by atoms with Gasteiger partial charge in [0.2, 0.25) is 0 Å². The van der Waals surface area contributed by atoms with E-state index in [1.807, 2.05) is 40.0 Å². The van der Waals surface area contributed by atoms with Crippen molar-refractivity contribution in [2.24, 2.45) is 5.92 Å². The summed E-state index contributed by atoms with van der Waals surface area (Å²) in [6, 6.07) is 5.41. The van der Waals surface area contributed by atoms with Crippen LogP contribution in [0.15, 0.2) is 18.2 Å². The summed E-state index contributed by atoms with van der Waals surface area (Å²) in [7, 11) is 1.81. The lowest BCUT2D eigenvalue weighted by molar-refractivity contribution is 0.0170. The Labute approximate surface area is 166 Å². The fraction of sp³-hybridized carbons (Fsp3) is 0.619. The molecule has 1 saturated heterocycles. The van der Waals surface area contributed by atoms with E-state index >= 15 is 0 Å². The van der Waals surface area contributed by atoms with Crippen LogP contribution in [0.4, 0.5) is 4.79 Å². The highest BCUT2D eigenvalue weighted by Crippen LogP contribution is 2.34. The third-order valence-corrected chi connectivity index (χ3v) is 4.94. The number of nitrogens with zero attached hydrogens (tertiary/aromatic N) is 2. The van der Waals surface area contributed by atoms with E-state index in [4.69, 9.17) is 14.2 Å². The van der Waals surface area contributed by atoms with Gasteiger partial charge in [-0.05, 0) is 51.7 Å². The molecule has 0 saturated carbocycles. The van der Waals surface area contributed by atoms with E-state index in [0.29, 0.717) is 55.8 Å². The highest BCUT2D eigenvalue weighted by atomic mass is 16.6. The molecule has 3 rings (SSSR count). The van der Waals surface area contributed by atoms with Gasteiger partial charge in [0.25, 0.3) is 5.91 Å². The van der Waals surface area contributed by atoms with Crippen molar-refractivity contribution in [3.8, 4) is 11.5 Å². The SMILES string of the molecule is CN(CC1CCN(C(=O)OC(C)(C)C)CC1)C(=O)c1cccc2c1OCCO2. The van der Waals surface area contributed by atoms with Gasteiger partial charge in [-0.15, -0.1) is 0 Å². The fourth-order valence-electron chi connectivity index (χ4n) is 3.54. The largest absolute Gasteiger partial charge is 0.486 e. The van der Waals surface area contributed by atoms with E-state index in [2.05, 4.69) is 0 Å². The summed E-state index contributed by atoms with van der Waals surface area (Å²) in [5.74, 6) is 1.43. The Morgan fingerprint density at radius 2 is 1.86 bits per heavy atom. The van der Waals surface area contributed by atoms with Gasteiger partial charge in [-0.25, -0.2) is 4.79 Å². The van der Waals surface area contributed by atoms with Gasteiger partial charge < -0.3 is 24.0 Å². The van der Waals surface area contributed by atoms with Gasteiger partial charge in [-0.1, -0.05) is 6.07 Å². The summed E-state index contributed by atoms with van der Waals surface area (Å²) in [6.45, 7) is 8.50. The monoisotopic (exact) mass is 390 g/mol. The standard InChI is InChI=1S/C21H30N2O5/c1-21(2,3)28-20(25)23-10-8-15(9-11-23)14-22(4)19(24)16-6-5-7-17-18(16)27-13-12-26-17/h5-7,15H,8-14H2,1-4H3. The summed E-state index contributed by atoms with van der Waals surface area (Å²) >= 11 is 0. The molecule has 1 fully saturated rings. The van der Waals surface area contributed by atoms with Crippen LogP contribution < -0.4 is 9.47 Å². The first-order valence-electron chi connectivity index (χ1n) is 9.86. The van der Waals surface area contributed by atoms with Crippen LogP contribution in [0.2, 0.25) is 0 Å². The van der Waals surface area contributed by atoms with Crippen molar-refractivity contribution >= 4 is 12.0 Å². The minimum atomic E-state index is -0.485. The minimum absolute atomic E-state index is 0.0723. The van der Waals surface area contributed by atoms with E-state index in [9.17, 15) is 9.59 Å². The van der Waals surface area contributed by atoms with Gasteiger partial charge in [-0.3, -0.25) is 4.79 Å². The maximum atomic E-state index is 12.9. The lowest BCUT2D eigenvalue weighted by Crippen LogP contribution is -2.44. The molecule has 2 heterocycles. The van der Waals surface area contributed by atoms with Gasteiger partial charge in [0.15, 0.2) is 11.5 Å². The number of hydrogen-bond donors (Lipinski definition) is 0. The molecule has 0 spiro atoms. The van der Waals surface area contributed by atoms with Crippen LogP contribution in [-0.4, -0.2) is 67.3 Å². The lowest BCUT2D eigenvalue weighted by atomic mass is 9.96. The van der Waals surface area contributed by atoms with Crippen LogP contribution in [0.25, 0.3) is 0 Å². The number of para-hydroxylation sites is 1. The quantitative estimate of drug-likeness (QED) is 0.793. The predicted molar refractivity (Wildman–Crippen MR) is 105 cm³/mol. The summed E-state index contributed by atoms with van der Waals surface area (Å²) in [5, 5.41) is 0. The Morgan fingerprint density at radius 3 is 2.54 bits per heavy atom. The zero-order valence-electron chi connectivity index (χ0n) is 17.2. The summed E-state index contributed by atoms with van der Waals surface area (Å²) < 4.78 is 16.7. The van der Waals surface area contributed by atoms with E-state index in [-0.39, 0.29) is 12.0 Å². The molecule has 0 N–H and O–H groups in total. The minimum Gasteiger partial charge on any atom is -0.486 e. The number of hydrogen-bond acceptors (Lipinski definition) is 5. The highest BCUT2D eigenvalue weighted by molar-refractivity contribution is 5.97. The average Bonchev–Trinajstić information content (AvgIpc) is 2.66. The molecular formula is C21H30N2O5. The van der Waals surface area contributed by atoms with Gasteiger partial charge in [0.1, 0.15) is 18.8 Å². The Hall–Kier alpha value is -2.44. The molecule has 0 unspecified atom stereocenters. The van der Waals surface area contributed by atoms with E-state index in [0.717, 1.165) is 12.8 Å². The van der Waals surface area contributed by atoms with Crippen LogP contribution in [-0.2, 0) is 4.74 Å². The molecule has 2 aliphatic heterocycles. The van der Waals surface area contributed by atoms with Crippen LogP contribution in [0.1, 0.15) is 44.0 Å². The number of piperidine rings is 1. The van der Waals surface area contributed by atoms with Gasteiger partial charge in [0.05, 0.1) is 5.56 Å². The zero-order valence-corrected chi connectivity index (χ0v) is 17.2. The van der Waals surface area contributed by atoms with E-state index in [1.54, 1.807) is 15.9 Å². The molecule has 2 amide bonds. The Kier molecular flexibility index (Phi) is 6.01. The smallest absolute Gasteiger partial charge is 0.410 e. The molecular weight excluding hydrogens is 360 g/mol. The third-order valence-electron chi connectivity index (χ3n) is 4.94. The Morgan fingerprint density at radius 1 is 1.18 bits per heavy atom. The molecule has 1 aromatic carbocycles. The number of fused-ring (bicyclic) bond motifs is 1. The van der Waals surface area contributed by atoms with Crippen molar-refractivity contribution in [3.05, 3.63) is 23.8 Å². The Bertz CT molecular complexity index is 720. The summed E-state index contributed by atoms with van der Waals surface area (Å²) in [6.07, 6.45) is 1.44. The van der Waals surface area contributed by atoms with Gasteiger partial charge >= 0.3 is 6.09 Å². The maximum Gasteiger partial charge on any atom is 0.410 e. The normalized spacial score (nSPS) is 17.2. The second-order valence-electron chi connectivity index (χ2n) is 8.43. The van der Waals surface area contributed by atoms with Crippen LogP contribution in [0.3, 0.4) is 0 Å². The van der Waals surface area contributed by atoms with Crippen molar-refractivity contribution in [1.82, 2.24) is 9.80 Å². The molecule has 0 aliphatic carbocycles. The molecule has 2 aliphatic rings. The topological polar surface area (TPSA) is 68.3 Å². The zero-order chi connectivity index (χ0) is 20.3. The molecule has 0 radical (unpaired) electrons. The third kappa shape index (κ3) is 4.88. The second kappa shape index (κ2) is 8.29. The number of benzene rings is 1. The maximum absolute atomic E-state index is 12.9. The van der Waals surface area contributed by atoms with E-state index in [1.165, 1.54) is 0 Å². The highest BCUT2D eigenvalue weighted by Gasteiger charge is 2.29. The summed E-state index contributed by atoms with van der Waals surface area (Å²) in [4.78, 5) is 28.6. The average molecular weight is 390 g/mol. The molecule has 0 bridgehead atoms. The number of likely N-dealkylation sites (tertiary alicyclic amines) is 1. The van der Waals surface area contributed by atoms with Crippen LogP contribution in [0.5, 0.6) is 11.5 Å². The van der Waals surface area contributed by atoms with Crippen molar-refractivity contribution in [2.45, 2.75) is 39.2 Å². The number of carbonyl (C=O) groups excluding carboxylic acids is 2.